The van der Waals surface area contributed by atoms with E-state index in [9.17, 15) is 13.2 Å². The number of morpholine rings is 1. The molecule has 2 saturated heterocycles. The number of carbonyl (C=O) groups excluding carboxylic acids is 1. The molecule has 2 N–H and O–H groups in total. The zero-order valence-corrected chi connectivity index (χ0v) is 20.4. The van der Waals surface area contributed by atoms with Gasteiger partial charge in [-0.05, 0) is 43.6 Å². The number of carbonyl (C=O) groups is 1. The van der Waals surface area contributed by atoms with Crippen LogP contribution in [-0.2, 0) is 19.6 Å². The maximum atomic E-state index is 13.1. The van der Waals surface area contributed by atoms with Gasteiger partial charge in [-0.1, -0.05) is 31.5 Å². The molecule has 0 spiro atoms. The predicted molar refractivity (Wildman–Crippen MR) is 125 cm³/mol. The highest BCUT2D eigenvalue weighted by molar-refractivity contribution is 7.99. The molecule has 1 aromatic rings. The van der Waals surface area contributed by atoms with Crippen LogP contribution in [0.1, 0.15) is 32.3 Å². The highest BCUT2D eigenvalue weighted by Crippen LogP contribution is 2.33. The molecule has 2 aliphatic heterocycles. The lowest BCUT2D eigenvalue weighted by molar-refractivity contribution is -0.124. The average molecular weight is 470 g/mol. The summed E-state index contributed by atoms with van der Waals surface area (Å²) < 4.78 is 33.9. The number of hydrogen-bond donors (Lipinski definition) is 2. The van der Waals surface area contributed by atoms with E-state index < -0.39 is 16.1 Å². The maximum absolute atomic E-state index is 13.1. The summed E-state index contributed by atoms with van der Waals surface area (Å²) >= 11 is 1.91. The van der Waals surface area contributed by atoms with Crippen molar-refractivity contribution in [3.8, 4) is 0 Å². The van der Waals surface area contributed by atoms with Crippen molar-refractivity contribution in [3.05, 3.63) is 29.8 Å². The van der Waals surface area contributed by atoms with Gasteiger partial charge < -0.3 is 10.1 Å². The monoisotopic (exact) mass is 469 g/mol. The Morgan fingerprint density at radius 3 is 2.48 bits per heavy atom. The standard InChI is InChI=1S/C22H35N3O4S2/c1-17(2)14-20(24-31(27,28)19-6-4-18(3)5-7-19)21(26)23-15-22(8-13-30-16-22)25-9-11-29-12-10-25/h4-7,17,20,24H,8-16H2,1-3H3,(H,23,26). The summed E-state index contributed by atoms with van der Waals surface area (Å²) in [5.74, 6) is 1.96. The normalized spacial score (nSPS) is 23.7. The van der Waals surface area contributed by atoms with Gasteiger partial charge in [0.25, 0.3) is 0 Å². The molecule has 2 fully saturated rings. The summed E-state index contributed by atoms with van der Waals surface area (Å²) in [5.41, 5.74) is 0.903. The van der Waals surface area contributed by atoms with Crippen molar-refractivity contribution in [2.24, 2.45) is 5.92 Å². The van der Waals surface area contributed by atoms with E-state index in [4.69, 9.17) is 4.74 Å². The Labute approximate surface area is 190 Å². The third-order valence-corrected chi connectivity index (χ3v) is 8.73. The molecule has 2 unspecified atom stereocenters. The van der Waals surface area contributed by atoms with E-state index >= 15 is 0 Å². The van der Waals surface area contributed by atoms with Crippen LogP contribution in [0, 0.1) is 12.8 Å². The quantitative estimate of drug-likeness (QED) is 0.575. The number of rotatable bonds is 9. The third-order valence-electron chi connectivity index (χ3n) is 6.01. The highest BCUT2D eigenvalue weighted by atomic mass is 32.2. The molecule has 1 aromatic carbocycles. The summed E-state index contributed by atoms with van der Waals surface area (Å²) in [7, 11) is -3.78. The summed E-state index contributed by atoms with van der Waals surface area (Å²) in [6.45, 7) is 9.58. The Balaban J connectivity index is 1.69. The largest absolute Gasteiger partial charge is 0.379 e. The Kier molecular flexibility index (Phi) is 8.43. The Bertz CT molecular complexity index is 831. The maximum Gasteiger partial charge on any atom is 0.241 e. The molecule has 2 heterocycles. The number of benzene rings is 1. The van der Waals surface area contributed by atoms with E-state index in [1.165, 1.54) is 0 Å². The van der Waals surface area contributed by atoms with Gasteiger partial charge in [0.15, 0.2) is 0 Å². The molecule has 9 heteroatoms. The smallest absolute Gasteiger partial charge is 0.241 e. The van der Waals surface area contributed by atoms with Gasteiger partial charge in [-0.3, -0.25) is 9.69 Å². The second kappa shape index (κ2) is 10.7. The highest BCUT2D eigenvalue weighted by Gasteiger charge is 2.41. The molecule has 31 heavy (non-hydrogen) atoms. The molecule has 2 aliphatic rings. The topological polar surface area (TPSA) is 87.7 Å². The molecule has 0 aromatic heterocycles. The fourth-order valence-corrected chi connectivity index (χ4v) is 6.85. The second-order valence-corrected chi connectivity index (χ2v) is 11.8. The molecular weight excluding hydrogens is 434 g/mol. The number of sulfonamides is 1. The van der Waals surface area contributed by atoms with Gasteiger partial charge in [0.1, 0.15) is 6.04 Å². The van der Waals surface area contributed by atoms with E-state index in [0.717, 1.165) is 36.6 Å². The van der Waals surface area contributed by atoms with E-state index in [2.05, 4.69) is 14.9 Å². The van der Waals surface area contributed by atoms with Crippen LogP contribution in [0.25, 0.3) is 0 Å². The van der Waals surface area contributed by atoms with Gasteiger partial charge in [-0.25, -0.2) is 8.42 Å². The minimum atomic E-state index is -3.78. The van der Waals surface area contributed by atoms with Crippen molar-refractivity contribution < 1.29 is 17.9 Å². The van der Waals surface area contributed by atoms with E-state index in [1.807, 2.05) is 32.5 Å². The van der Waals surface area contributed by atoms with E-state index in [-0.39, 0.29) is 22.3 Å². The van der Waals surface area contributed by atoms with Crippen LogP contribution < -0.4 is 10.0 Å². The molecule has 0 saturated carbocycles. The lowest BCUT2D eigenvalue weighted by Gasteiger charge is -2.43. The summed E-state index contributed by atoms with van der Waals surface area (Å²) in [6.07, 6.45) is 1.46. The minimum absolute atomic E-state index is 0.0810. The molecule has 3 rings (SSSR count). The van der Waals surface area contributed by atoms with Gasteiger partial charge in [0.05, 0.1) is 18.1 Å². The minimum Gasteiger partial charge on any atom is -0.379 e. The lowest BCUT2D eigenvalue weighted by atomic mass is 9.95. The predicted octanol–water partition coefficient (Wildman–Crippen LogP) is 2.01. The molecule has 0 aliphatic carbocycles. The number of ether oxygens (including phenoxy) is 1. The lowest BCUT2D eigenvalue weighted by Crippen LogP contribution is -2.60. The van der Waals surface area contributed by atoms with Crippen LogP contribution in [0.15, 0.2) is 29.2 Å². The van der Waals surface area contributed by atoms with Crippen molar-refractivity contribution >= 4 is 27.7 Å². The first-order valence-corrected chi connectivity index (χ1v) is 13.6. The van der Waals surface area contributed by atoms with Crippen molar-refractivity contribution in [2.45, 2.75) is 50.1 Å². The number of thioether (sulfide) groups is 1. The summed E-state index contributed by atoms with van der Waals surface area (Å²) in [4.78, 5) is 15.7. The van der Waals surface area contributed by atoms with E-state index in [1.54, 1.807) is 24.3 Å². The van der Waals surface area contributed by atoms with Crippen LogP contribution in [0.2, 0.25) is 0 Å². The average Bonchev–Trinajstić information content (AvgIpc) is 3.22. The van der Waals surface area contributed by atoms with E-state index in [0.29, 0.717) is 26.2 Å². The van der Waals surface area contributed by atoms with Crippen LogP contribution in [0.5, 0.6) is 0 Å². The Morgan fingerprint density at radius 1 is 1.23 bits per heavy atom. The zero-order chi connectivity index (χ0) is 22.5. The summed E-state index contributed by atoms with van der Waals surface area (Å²) in [6, 6.07) is 5.87. The number of hydrogen-bond acceptors (Lipinski definition) is 6. The van der Waals surface area contributed by atoms with Gasteiger partial charge in [-0.2, -0.15) is 16.5 Å². The molecule has 7 nitrogen and oxygen atoms in total. The van der Waals surface area contributed by atoms with Crippen molar-refractivity contribution in [3.63, 3.8) is 0 Å². The molecule has 0 radical (unpaired) electrons. The van der Waals surface area contributed by atoms with Crippen molar-refractivity contribution in [1.82, 2.24) is 14.9 Å². The number of nitrogens with one attached hydrogen (secondary N) is 2. The molecule has 2 atom stereocenters. The Morgan fingerprint density at radius 2 is 1.90 bits per heavy atom. The van der Waals surface area contributed by atoms with Crippen LogP contribution in [0.4, 0.5) is 0 Å². The first-order chi connectivity index (χ1) is 14.7. The molecule has 174 valence electrons. The fourth-order valence-electron chi connectivity index (χ4n) is 4.16. The van der Waals surface area contributed by atoms with Crippen LogP contribution in [-0.4, -0.2) is 75.2 Å². The van der Waals surface area contributed by atoms with Crippen molar-refractivity contribution in [2.75, 3.05) is 44.4 Å². The first kappa shape index (κ1) is 24.5. The fraction of sp³-hybridized carbons (Fsp3) is 0.682. The van der Waals surface area contributed by atoms with Crippen LogP contribution in [0.3, 0.4) is 0 Å². The Hall–Kier alpha value is -1.13. The van der Waals surface area contributed by atoms with Gasteiger partial charge >= 0.3 is 0 Å². The third kappa shape index (κ3) is 6.44. The number of aryl methyl sites for hydroxylation is 1. The number of amides is 1. The van der Waals surface area contributed by atoms with Gasteiger partial charge in [0, 0.05) is 30.9 Å². The SMILES string of the molecule is Cc1ccc(S(=O)(=O)NC(CC(C)C)C(=O)NCC2(N3CCOCC3)CCSC2)cc1. The zero-order valence-electron chi connectivity index (χ0n) is 18.7. The first-order valence-electron chi connectivity index (χ1n) is 11.0. The van der Waals surface area contributed by atoms with Crippen molar-refractivity contribution in [1.29, 1.82) is 0 Å². The number of nitrogens with zero attached hydrogens (tertiary/aromatic N) is 1. The van der Waals surface area contributed by atoms with Gasteiger partial charge in [-0.15, -0.1) is 0 Å². The molecular formula is C22H35N3O4S2. The second-order valence-electron chi connectivity index (χ2n) is 8.96. The summed E-state index contributed by atoms with van der Waals surface area (Å²) in [5, 5.41) is 3.09. The molecule has 0 bridgehead atoms. The van der Waals surface area contributed by atoms with Crippen LogP contribution >= 0.6 is 11.8 Å². The molecule has 1 amide bonds. The van der Waals surface area contributed by atoms with Gasteiger partial charge in [0.2, 0.25) is 15.9 Å².